The van der Waals surface area contributed by atoms with Gasteiger partial charge in [0.1, 0.15) is 38.1 Å². The van der Waals surface area contributed by atoms with E-state index >= 15 is 0 Å². The van der Waals surface area contributed by atoms with Crippen molar-refractivity contribution in [3.8, 4) is 11.8 Å². The van der Waals surface area contributed by atoms with E-state index in [1.54, 1.807) is 12.1 Å². The molecule has 1 heterocycles. The normalized spacial score (nSPS) is 15.8. The average molecular weight is 277 g/mol. The van der Waals surface area contributed by atoms with E-state index in [0.717, 1.165) is 39.5 Å². The fourth-order valence-electron chi connectivity index (χ4n) is 2.12. The Labute approximate surface area is 119 Å². The molecule has 5 heteroatoms. The number of hydrogen-bond donors (Lipinski definition) is 1. The molecule has 0 aromatic heterocycles. The summed E-state index contributed by atoms with van der Waals surface area (Å²) in [6.45, 7) is 6.59. The van der Waals surface area contributed by atoms with Gasteiger partial charge in [-0.2, -0.15) is 5.26 Å². The molecule has 0 aliphatic carbocycles. The molecule has 5 nitrogen and oxygen atoms in total. The molecular weight excluding hydrogens is 256 g/mol. The van der Waals surface area contributed by atoms with Gasteiger partial charge >= 0.3 is 0 Å². The fraction of sp³-hybridized carbons (Fsp3) is 0.533. The number of morpholine rings is 1. The number of benzene rings is 1. The summed E-state index contributed by atoms with van der Waals surface area (Å²) in [7, 11) is 0. The molecule has 1 aliphatic rings. The van der Waals surface area contributed by atoms with Crippen LogP contribution in [0.5, 0.6) is 5.75 Å². The highest BCUT2D eigenvalue weighted by molar-refractivity contribution is 5.42. The molecule has 0 saturated carbocycles. The average Bonchev–Trinajstić information content (AvgIpc) is 2.52. The fourth-order valence-corrected chi connectivity index (χ4v) is 2.12. The van der Waals surface area contributed by atoms with Crippen LogP contribution < -0.4 is 9.64 Å². The summed E-state index contributed by atoms with van der Waals surface area (Å²) in [5, 5.41) is 8.93. The van der Waals surface area contributed by atoms with E-state index in [4.69, 9.17) is 19.5 Å². The van der Waals surface area contributed by atoms with Crippen LogP contribution in [0.3, 0.4) is 0 Å². The highest BCUT2D eigenvalue weighted by Gasteiger charge is 2.12. The van der Waals surface area contributed by atoms with Crippen molar-refractivity contribution in [2.75, 3.05) is 52.7 Å². The van der Waals surface area contributed by atoms with E-state index in [-0.39, 0.29) is 0 Å². The third kappa shape index (κ3) is 4.82. The van der Waals surface area contributed by atoms with Crippen LogP contribution in [0.1, 0.15) is 5.56 Å². The first kappa shape index (κ1) is 14.8. The molecule has 0 radical (unpaired) electrons. The Morgan fingerprint density at radius 2 is 1.95 bits per heavy atom. The van der Waals surface area contributed by atoms with Gasteiger partial charge in [-0.25, -0.2) is 0 Å². The number of nitrogens with one attached hydrogen (secondary N) is 1. The van der Waals surface area contributed by atoms with Gasteiger partial charge in [0.05, 0.1) is 32.0 Å². The lowest BCUT2D eigenvalue weighted by atomic mass is 10.2. The maximum atomic E-state index is 8.93. The molecule has 1 aromatic rings. The Morgan fingerprint density at radius 3 is 2.75 bits per heavy atom. The third-order valence-electron chi connectivity index (χ3n) is 3.29. The number of para-hydroxylation sites is 1. The molecule has 0 bridgehead atoms. The van der Waals surface area contributed by atoms with Crippen LogP contribution in [-0.4, -0.2) is 52.7 Å². The molecule has 1 fully saturated rings. The van der Waals surface area contributed by atoms with Gasteiger partial charge in [-0.3, -0.25) is 0 Å². The van der Waals surface area contributed by atoms with Gasteiger partial charge in [0.15, 0.2) is 0 Å². The maximum Gasteiger partial charge on any atom is 0.137 e. The van der Waals surface area contributed by atoms with Crippen molar-refractivity contribution >= 4 is 0 Å². The lowest BCUT2D eigenvalue weighted by Crippen LogP contribution is -3.14. The van der Waals surface area contributed by atoms with E-state index in [0.29, 0.717) is 24.5 Å². The van der Waals surface area contributed by atoms with Gasteiger partial charge in [0, 0.05) is 0 Å². The lowest BCUT2D eigenvalue weighted by Gasteiger charge is -2.23. The highest BCUT2D eigenvalue weighted by Crippen LogP contribution is 2.15. The number of ether oxygens (including phenoxy) is 3. The SMILES string of the molecule is N#Cc1ccccc1OCCOCC[NH+]1CCOCC1. The number of rotatable bonds is 7. The van der Waals surface area contributed by atoms with E-state index in [1.165, 1.54) is 4.90 Å². The van der Waals surface area contributed by atoms with Crippen LogP contribution in [0.2, 0.25) is 0 Å². The van der Waals surface area contributed by atoms with E-state index in [2.05, 4.69) is 6.07 Å². The zero-order chi connectivity index (χ0) is 14.0. The van der Waals surface area contributed by atoms with Gasteiger partial charge in [-0.1, -0.05) is 12.1 Å². The molecule has 2 rings (SSSR count). The summed E-state index contributed by atoms with van der Waals surface area (Å²) in [6, 6.07) is 9.35. The molecule has 0 unspecified atom stereocenters. The van der Waals surface area contributed by atoms with Crippen LogP contribution in [-0.2, 0) is 9.47 Å². The Morgan fingerprint density at radius 1 is 1.15 bits per heavy atom. The van der Waals surface area contributed by atoms with Gasteiger partial charge in [0.2, 0.25) is 0 Å². The van der Waals surface area contributed by atoms with Crippen molar-refractivity contribution in [2.24, 2.45) is 0 Å². The van der Waals surface area contributed by atoms with Crippen molar-refractivity contribution in [2.45, 2.75) is 0 Å². The quantitative estimate of drug-likeness (QED) is 0.705. The van der Waals surface area contributed by atoms with Gasteiger partial charge < -0.3 is 19.1 Å². The smallest absolute Gasteiger partial charge is 0.137 e. The number of nitriles is 1. The van der Waals surface area contributed by atoms with Crippen LogP contribution in [0.25, 0.3) is 0 Å². The standard InChI is InChI=1S/C15H20N2O3/c16-13-14-3-1-2-4-15(14)20-12-11-19-10-7-17-5-8-18-9-6-17/h1-4H,5-12H2/p+1. The van der Waals surface area contributed by atoms with Gasteiger partial charge in [-0.15, -0.1) is 0 Å². The number of quaternary nitrogens is 1. The molecule has 0 atom stereocenters. The Balaban J connectivity index is 1.56. The number of nitrogens with zero attached hydrogens (tertiary/aromatic N) is 1. The third-order valence-corrected chi connectivity index (χ3v) is 3.29. The first-order chi connectivity index (χ1) is 9.90. The minimum absolute atomic E-state index is 0.469. The van der Waals surface area contributed by atoms with E-state index < -0.39 is 0 Å². The lowest BCUT2D eigenvalue weighted by molar-refractivity contribution is -0.908. The van der Waals surface area contributed by atoms with Crippen molar-refractivity contribution in [1.29, 1.82) is 5.26 Å². The molecule has 1 aliphatic heterocycles. The number of hydrogen-bond acceptors (Lipinski definition) is 4. The maximum absolute atomic E-state index is 8.93. The summed E-state index contributed by atoms with van der Waals surface area (Å²) in [6.07, 6.45) is 0. The van der Waals surface area contributed by atoms with Crippen LogP contribution in [0.15, 0.2) is 24.3 Å². The molecule has 108 valence electrons. The summed E-state index contributed by atoms with van der Waals surface area (Å²) in [5.74, 6) is 0.623. The minimum Gasteiger partial charge on any atom is -0.490 e. The Kier molecular flexibility index (Phi) is 6.32. The molecule has 1 N–H and O–H groups in total. The predicted octanol–water partition coefficient (Wildman–Crippen LogP) is -0.131. The second kappa shape index (κ2) is 8.54. The van der Waals surface area contributed by atoms with Gasteiger partial charge in [-0.05, 0) is 12.1 Å². The largest absolute Gasteiger partial charge is 0.490 e. The second-order valence-corrected chi connectivity index (χ2v) is 4.68. The molecule has 1 aromatic carbocycles. The Bertz CT molecular complexity index is 439. The molecule has 20 heavy (non-hydrogen) atoms. The summed E-state index contributed by atoms with van der Waals surface area (Å²) >= 11 is 0. The summed E-state index contributed by atoms with van der Waals surface area (Å²) in [4.78, 5) is 1.53. The van der Waals surface area contributed by atoms with Crippen molar-refractivity contribution in [1.82, 2.24) is 0 Å². The topological polar surface area (TPSA) is 55.9 Å². The first-order valence-corrected chi connectivity index (χ1v) is 7.01. The van der Waals surface area contributed by atoms with Crippen molar-refractivity contribution < 1.29 is 19.1 Å². The van der Waals surface area contributed by atoms with E-state index in [1.807, 2.05) is 12.1 Å². The Hall–Kier alpha value is -1.61. The predicted molar refractivity (Wildman–Crippen MR) is 73.9 cm³/mol. The highest BCUT2D eigenvalue weighted by atomic mass is 16.5. The summed E-state index contributed by atoms with van der Waals surface area (Å²) < 4.78 is 16.4. The van der Waals surface area contributed by atoms with Crippen LogP contribution in [0, 0.1) is 11.3 Å². The monoisotopic (exact) mass is 277 g/mol. The van der Waals surface area contributed by atoms with Crippen molar-refractivity contribution in [3.05, 3.63) is 29.8 Å². The van der Waals surface area contributed by atoms with Crippen LogP contribution >= 0.6 is 0 Å². The first-order valence-electron chi connectivity index (χ1n) is 7.01. The van der Waals surface area contributed by atoms with E-state index in [9.17, 15) is 0 Å². The summed E-state index contributed by atoms with van der Waals surface area (Å²) in [5.41, 5.74) is 0.560. The van der Waals surface area contributed by atoms with Crippen LogP contribution in [0.4, 0.5) is 0 Å². The van der Waals surface area contributed by atoms with Crippen molar-refractivity contribution in [3.63, 3.8) is 0 Å². The molecule has 0 spiro atoms. The van der Waals surface area contributed by atoms with Gasteiger partial charge in [0.25, 0.3) is 0 Å². The zero-order valence-electron chi connectivity index (χ0n) is 11.6. The molecule has 0 amide bonds. The minimum atomic E-state index is 0.469. The zero-order valence-corrected chi connectivity index (χ0v) is 11.6. The molecular formula is C15H21N2O3+. The molecule has 1 saturated heterocycles. The second-order valence-electron chi connectivity index (χ2n) is 4.68.